The summed E-state index contributed by atoms with van der Waals surface area (Å²) >= 11 is 4.74. The lowest BCUT2D eigenvalue weighted by Crippen LogP contribution is -2.17. The maximum absolute atomic E-state index is 5.67. The molecule has 0 aliphatic rings. The molecule has 2 aromatic carbocycles. The molecular formula is C15H15NO2S. The van der Waals surface area contributed by atoms with Gasteiger partial charge in [0, 0.05) is 0 Å². The van der Waals surface area contributed by atoms with Gasteiger partial charge in [0.2, 0.25) is 0 Å². The molecule has 2 N–H and O–H groups in total. The fourth-order valence-electron chi connectivity index (χ4n) is 1.53. The van der Waals surface area contributed by atoms with Crippen LogP contribution in [0.3, 0.4) is 0 Å². The zero-order valence-corrected chi connectivity index (χ0v) is 11.2. The van der Waals surface area contributed by atoms with E-state index < -0.39 is 0 Å². The van der Waals surface area contributed by atoms with Crippen molar-refractivity contribution in [2.75, 3.05) is 6.61 Å². The molecule has 0 bridgehead atoms. The van der Waals surface area contributed by atoms with Crippen LogP contribution in [0, 0.1) is 0 Å². The van der Waals surface area contributed by atoms with Crippen LogP contribution in [0.4, 0.5) is 0 Å². The van der Waals surface area contributed by atoms with E-state index >= 15 is 0 Å². The lowest BCUT2D eigenvalue weighted by atomic mass is 10.2. The van der Waals surface area contributed by atoms with E-state index in [9.17, 15) is 0 Å². The molecule has 0 aromatic heterocycles. The van der Waals surface area contributed by atoms with E-state index in [1.54, 1.807) is 0 Å². The van der Waals surface area contributed by atoms with E-state index in [4.69, 9.17) is 27.4 Å². The van der Waals surface area contributed by atoms with Crippen LogP contribution < -0.4 is 15.2 Å². The molecule has 0 saturated carbocycles. The van der Waals surface area contributed by atoms with Crippen LogP contribution >= 0.6 is 12.2 Å². The topological polar surface area (TPSA) is 44.5 Å². The molecule has 4 heteroatoms. The number of nitrogens with two attached hydrogens (primary N) is 1. The minimum Gasteiger partial charge on any atom is -0.489 e. The maximum Gasteiger partial charge on any atom is 0.138 e. The van der Waals surface area contributed by atoms with Crippen molar-refractivity contribution in [2.45, 2.75) is 6.61 Å². The summed E-state index contributed by atoms with van der Waals surface area (Å²) in [6.07, 6.45) is 0. The summed E-state index contributed by atoms with van der Waals surface area (Å²) in [4.78, 5) is 0.337. The normalized spacial score (nSPS) is 9.89. The molecule has 0 aliphatic heterocycles. The Bertz CT molecular complexity index is 526. The van der Waals surface area contributed by atoms with Gasteiger partial charge in [0.15, 0.2) is 0 Å². The van der Waals surface area contributed by atoms with E-state index in [0.29, 0.717) is 11.6 Å². The van der Waals surface area contributed by atoms with Gasteiger partial charge < -0.3 is 15.2 Å². The lowest BCUT2D eigenvalue weighted by Gasteiger charge is -2.08. The Morgan fingerprint density at radius 3 is 2.05 bits per heavy atom. The third-order valence-electron chi connectivity index (χ3n) is 2.45. The van der Waals surface area contributed by atoms with Crippen LogP contribution in [-0.2, 0) is 6.61 Å². The Hall–Kier alpha value is -2.07. The first-order chi connectivity index (χ1) is 9.24. The van der Waals surface area contributed by atoms with E-state index in [1.807, 2.05) is 54.6 Å². The zero-order valence-electron chi connectivity index (χ0n) is 10.4. The summed E-state index contributed by atoms with van der Waals surface area (Å²) in [6.45, 7) is 0.799. The molecule has 0 saturated heterocycles. The SMILES string of the molecule is NC(=S)COc1ccc(OCc2ccccc2)cc1. The van der Waals surface area contributed by atoms with Gasteiger partial charge in [-0.1, -0.05) is 42.5 Å². The molecular weight excluding hydrogens is 258 g/mol. The largest absolute Gasteiger partial charge is 0.489 e. The molecule has 0 unspecified atom stereocenters. The molecule has 0 fully saturated rings. The average Bonchev–Trinajstić information content (AvgIpc) is 2.45. The van der Waals surface area contributed by atoms with Gasteiger partial charge in [0.25, 0.3) is 0 Å². The van der Waals surface area contributed by atoms with E-state index in [2.05, 4.69) is 0 Å². The van der Waals surface area contributed by atoms with Crippen LogP contribution in [0.5, 0.6) is 11.5 Å². The highest BCUT2D eigenvalue weighted by atomic mass is 32.1. The second-order valence-electron chi connectivity index (χ2n) is 4.00. The quantitative estimate of drug-likeness (QED) is 0.822. The monoisotopic (exact) mass is 273 g/mol. The van der Waals surface area contributed by atoms with Crippen LogP contribution in [0.25, 0.3) is 0 Å². The van der Waals surface area contributed by atoms with Crippen molar-refractivity contribution in [3.8, 4) is 11.5 Å². The minimum atomic E-state index is 0.250. The lowest BCUT2D eigenvalue weighted by molar-refractivity contribution is 0.305. The van der Waals surface area contributed by atoms with Gasteiger partial charge in [0.05, 0.1) is 0 Å². The van der Waals surface area contributed by atoms with E-state index in [0.717, 1.165) is 17.1 Å². The van der Waals surface area contributed by atoms with Gasteiger partial charge in [0.1, 0.15) is 29.7 Å². The number of ether oxygens (including phenoxy) is 2. The van der Waals surface area contributed by atoms with Crippen LogP contribution in [0.15, 0.2) is 54.6 Å². The molecule has 0 amide bonds. The van der Waals surface area contributed by atoms with Gasteiger partial charge in [-0.25, -0.2) is 0 Å². The third-order valence-corrected chi connectivity index (χ3v) is 2.57. The van der Waals surface area contributed by atoms with Crippen molar-refractivity contribution in [1.29, 1.82) is 0 Å². The highest BCUT2D eigenvalue weighted by Crippen LogP contribution is 2.18. The summed E-state index contributed by atoms with van der Waals surface area (Å²) in [5.74, 6) is 1.52. The fourth-order valence-corrected chi connectivity index (χ4v) is 1.59. The molecule has 19 heavy (non-hydrogen) atoms. The van der Waals surface area contributed by atoms with E-state index in [1.165, 1.54) is 0 Å². The molecule has 3 nitrogen and oxygen atoms in total. The summed E-state index contributed by atoms with van der Waals surface area (Å²) in [5, 5.41) is 0. The van der Waals surface area contributed by atoms with Crippen LogP contribution in [0.1, 0.15) is 5.56 Å². The molecule has 2 aromatic rings. The number of benzene rings is 2. The first-order valence-corrected chi connectivity index (χ1v) is 6.33. The van der Waals surface area contributed by atoms with Gasteiger partial charge in [-0.05, 0) is 29.8 Å². The molecule has 0 heterocycles. The fraction of sp³-hybridized carbons (Fsp3) is 0.133. The molecule has 98 valence electrons. The first-order valence-electron chi connectivity index (χ1n) is 5.92. The number of rotatable bonds is 6. The Morgan fingerprint density at radius 1 is 0.895 bits per heavy atom. The van der Waals surface area contributed by atoms with Crippen molar-refractivity contribution in [3.05, 3.63) is 60.2 Å². The highest BCUT2D eigenvalue weighted by Gasteiger charge is 1.98. The number of hydrogen-bond donors (Lipinski definition) is 1. The Morgan fingerprint density at radius 2 is 1.47 bits per heavy atom. The smallest absolute Gasteiger partial charge is 0.138 e. The van der Waals surface area contributed by atoms with E-state index in [-0.39, 0.29) is 6.61 Å². The van der Waals surface area contributed by atoms with Gasteiger partial charge in [-0.15, -0.1) is 0 Å². The maximum atomic E-state index is 5.67. The molecule has 2 rings (SSSR count). The van der Waals surface area contributed by atoms with Crippen molar-refractivity contribution in [2.24, 2.45) is 5.73 Å². The van der Waals surface area contributed by atoms with Crippen LogP contribution in [0.2, 0.25) is 0 Å². The van der Waals surface area contributed by atoms with Gasteiger partial charge >= 0.3 is 0 Å². The molecule has 0 atom stereocenters. The number of thiocarbonyl (C=S) groups is 1. The number of hydrogen-bond acceptors (Lipinski definition) is 3. The zero-order chi connectivity index (χ0) is 13.5. The van der Waals surface area contributed by atoms with Crippen molar-refractivity contribution in [3.63, 3.8) is 0 Å². The van der Waals surface area contributed by atoms with Crippen molar-refractivity contribution >= 4 is 17.2 Å². The summed E-state index contributed by atoms with van der Waals surface area (Å²) in [5.41, 5.74) is 6.50. The average molecular weight is 273 g/mol. The summed E-state index contributed by atoms with van der Waals surface area (Å²) in [7, 11) is 0. The third kappa shape index (κ3) is 4.60. The van der Waals surface area contributed by atoms with Crippen LogP contribution in [-0.4, -0.2) is 11.6 Å². The highest BCUT2D eigenvalue weighted by molar-refractivity contribution is 7.80. The molecule has 0 spiro atoms. The Balaban J connectivity index is 1.86. The molecule has 0 radical (unpaired) electrons. The van der Waals surface area contributed by atoms with Gasteiger partial charge in [-0.2, -0.15) is 0 Å². The predicted molar refractivity (Wildman–Crippen MR) is 79.5 cm³/mol. The van der Waals surface area contributed by atoms with Crippen molar-refractivity contribution in [1.82, 2.24) is 0 Å². The molecule has 0 aliphatic carbocycles. The van der Waals surface area contributed by atoms with Gasteiger partial charge in [-0.3, -0.25) is 0 Å². The Kier molecular flexibility index (Phi) is 4.75. The minimum absolute atomic E-state index is 0.250. The summed E-state index contributed by atoms with van der Waals surface area (Å²) < 4.78 is 11.0. The van der Waals surface area contributed by atoms with Crippen molar-refractivity contribution < 1.29 is 9.47 Å². The first kappa shape index (κ1) is 13.4. The second kappa shape index (κ2) is 6.75. The second-order valence-corrected chi connectivity index (χ2v) is 4.53. The Labute approximate surface area is 118 Å². The summed E-state index contributed by atoms with van der Waals surface area (Å²) in [6, 6.07) is 17.4. The standard InChI is InChI=1S/C15H15NO2S/c16-15(19)11-18-14-8-6-13(7-9-14)17-10-12-4-2-1-3-5-12/h1-9H,10-11H2,(H2,16,19). The predicted octanol–water partition coefficient (Wildman–Crippen LogP) is 2.93.